The normalized spacial score (nSPS) is 13.8. The van der Waals surface area contributed by atoms with Gasteiger partial charge in [0.15, 0.2) is 5.13 Å². The Morgan fingerprint density at radius 3 is 2.65 bits per heavy atom. The van der Waals surface area contributed by atoms with Gasteiger partial charge in [-0.15, -0.1) is 11.3 Å². The molecule has 31 heavy (non-hydrogen) atoms. The summed E-state index contributed by atoms with van der Waals surface area (Å²) in [6.07, 6.45) is 5.72. The van der Waals surface area contributed by atoms with E-state index in [4.69, 9.17) is 0 Å². The van der Waals surface area contributed by atoms with Crippen LogP contribution >= 0.6 is 11.3 Å². The predicted octanol–water partition coefficient (Wildman–Crippen LogP) is 1.16. The molecule has 1 aliphatic rings. The third kappa shape index (κ3) is 5.12. The van der Waals surface area contributed by atoms with Gasteiger partial charge in [-0.2, -0.15) is 0 Å². The van der Waals surface area contributed by atoms with E-state index >= 15 is 0 Å². The molecule has 0 radical (unpaired) electrons. The van der Waals surface area contributed by atoms with E-state index in [0.29, 0.717) is 50.1 Å². The molecule has 0 aliphatic carbocycles. The molecule has 2 amide bonds. The van der Waals surface area contributed by atoms with E-state index in [2.05, 4.69) is 30.2 Å². The molecule has 0 unspecified atom stereocenters. The molecule has 2 N–H and O–H groups in total. The topological polar surface area (TPSA) is 124 Å². The van der Waals surface area contributed by atoms with Crippen LogP contribution in [0, 0.1) is 0 Å². The fourth-order valence-corrected chi connectivity index (χ4v) is 3.99. The maximum absolute atomic E-state index is 12.6. The number of amides is 2. The number of carbonyl (C=O) groups is 2. The second kappa shape index (κ2) is 9.47. The number of rotatable bonds is 6. The Balaban J connectivity index is 1.25. The van der Waals surface area contributed by atoms with Gasteiger partial charge in [-0.25, -0.2) is 15.0 Å². The number of aryl methyl sites for hydroxylation is 1. The van der Waals surface area contributed by atoms with Gasteiger partial charge in [0.25, 0.3) is 11.5 Å². The zero-order chi connectivity index (χ0) is 21.6. The molecule has 4 rings (SSSR count). The van der Waals surface area contributed by atoms with E-state index < -0.39 is 11.5 Å². The van der Waals surface area contributed by atoms with Gasteiger partial charge in [-0.05, 0) is 24.6 Å². The van der Waals surface area contributed by atoms with Crippen LogP contribution in [-0.4, -0.2) is 62.8 Å². The molecule has 0 saturated carbocycles. The van der Waals surface area contributed by atoms with Crippen molar-refractivity contribution in [2.75, 3.05) is 36.4 Å². The van der Waals surface area contributed by atoms with Crippen LogP contribution in [0.25, 0.3) is 0 Å². The summed E-state index contributed by atoms with van der Waals surface area (Å²) in [6.45, 7) is 2.64. The largest absolute Gasteiger partial charge is 0.339 e. The smallest absolute Gasteiger partial charge is 0.263 e. The number of hydrogen-bond acceptors (Lipinski definition) is 8. The minimum Gasteiger partial charge on any atom is -0.339 e. The Kier molecular flexibility index (Phi) is 6.32. The lowest BCUT2D eigenvalue weighted by molar-refractivity contribution is -0.131. The van der Waals surface area contributed by atoms with Gasteiger partial charge in [0.2, 0.25) is 11.9 Å². The lowest BCUT2D eigenvalue weighted by Crippen LogP contribution is -2.49. The summed E-state index contributed by atoms with van der Waals surface area (Å²) >= 11 is 1.26. The Bertz CT molecular complexity index is 1110. The van der Waals surface area contributed by atoms with E-state index in [9.17, 15) is 14.4 Å². The molecule has 1 saturated heterocycles. The quantitative estimate of drug-likeness (QED) is 0.590. The standard InChI is InChI=1S/C20H21N7O3S/c28-16(26-9-11-27(12-10-26)19-22-7-2-8-23-19)5-4-14-13-31-20(24-14)25-18(30)15-3-1-6-21-17(15)29/h1-3,6-8,13H,4-5,9-12H2,(H,21,29)(H,24,25,30). The molecule has 3 aromatic rings. The van der Waals surface area contributed by atoms with Gasteiger partial charge >= 0.3 is 0 Å². The van der Waals surface area contributed by atoms with Gasteiger partial charge in [-0.3, -0.25) is 19.7 Å². The molecule has 3 aromatic heterocycles. The van der Waals surface area contributed by atoms with Crippen LogP contribution < -0.4 is 15.8 Å². The zero-order valence-electron chi connectivity index (χ0n) is 16.7. The number of aromatic amines is 1. The third-order valence-electron chi connectivity index (χ3n) is 4.90. The molecular formula is C20H21N7O3S. The second-order valence-corrected chi connectivity index (χ2v) is 7.79. The van der Waals surface area contributed by atoms with Gasteiger partial charge < -0.3 is 14.8 Å². The maximum Gasteiger partial charge on any atom is 0.263 e. The van der Waals surface area contributed by atoms with E-state index in [1.807, 2.05) is 10.3 Å². The molecular weight excluding hydrogens is 418 g/mol. The van der Waals surface area contributed by atoms with Crippen LogP contribution in [0.15, 0.2) is 47.0 Å². The summed E-state index contributed by atoms with van der Waals surface area (Å²) in [5.74, 6) is 0.242. The summed E-state index contributed by atoms with van der Waals surface area (Å²) in [4.78, 5) is 55.7. The minimum absolute atomic E-state index is 0.0227. The van der Waals surface area contributed by atoms with Crippen LogP contribution in [0.1, 0.15) is 22.5 Å². The van der Waals surface area contributed by atoms with Crippen molar-refractivity contribution in [3.05, 3.63) is 63.8 Å². The number of aromatic nitrogens is 4. The molecule has 0 atom stereocenters. The Hall–Kier alpha value is -3.60. The number of pyridine rings is 1. The highest BCUT2D eigenvalue weighted by molar-refractivity contribution is 7.14. The number of anilines is 2. The number of H-pyrrole nitrogens is 1. The summed E-state index contributed by atoms with van der Waals surface area (Å²) in [6, 6.07) is 4.81. The van der Waals surface area contributed by atoms with Crippen molar-refractivity contribution in [3.8, 4) is 0 Å². The van der Waals surface area contributed by atoms with E-state index in [1.54, 1.807) is 24.5 Å². The highest BCUT2D eigenvalue weighted by Crippen LogP contribution is 2.18. The lowest BCUT2D eigenvalue weighted by atomic mass is 10.2. The van der Waals surface area contributed by atoms with Gasteiger partial charge in [0.1, 0.15) is 5.56 Å². The summed E-state index contributed by atoms with van der Waals surface area (Å²) < 4.78 is 0. The molecule has 10 nitrogen and oxygen atoms in total. The van der Waals surface area contributed by atoms with Crippen molar-refractivity contribution in [1.29, 1.82) is 0 Å². The van der Waals surface area contributed by atoms with Crippen LogP contribution in [0.2, 0.25) is 0 Å². The highest BCUT2D eigenvalue weighted by Gasteiger charge is 2.22. The summed E-state index contributed by atoms with van der Waals surface area (Å²) in [7, 11) is 0. The summed E-state index contributed by atoms with van der Waals surface area (Å²) in [5.41, 5.74) is 0.294. The maximum atomic E-state index is 12.6. The first kappa shape index (κ1) is 20.7. The molecule has 0 bridgehead atoms. The average Bonchev–Trinajstić information content (AvgIpc) is 3.25. The van der Waals surface area contributed by atoms with Crippen LogP contribution in [0.4, 0.5) is 11.1 Å². The number of piperazine rings is 1. The second-order valence-electron chi connectivity index (χ2n) is 6.93. The molecule has 1 fully saturated rings. The molecule has 11 heteroatoms. The fourth-order valence-electron chi connectivity index (χ4n) is 3.25. The van der Waals surface area contributed by atoms with Crippen molar-refractivity contribution in [2.45, 2.75) is 12.8 Å². The third-order valence-corrected chi connectivity index (χ3v) is 5.70. The van der Waals surface area contributed by atoms with Crippen molar-refractivity contribution < 1.29 is 9.59 Å². The van der Waals surface area contributed by atoms with Crippen molar-refractivity contribution >= 4 is 34.2 Å². The monoisotopic (exact) mass is 439 g/mol. The number of thiazole rings is 1. The molecule has 0 aromatic carbocycles. The number of hydrogen-bond donors (Lipinski definition) is 2. The fraction of sp³-hybridized carbons (Fsp3) is 0.300. The lowest BCUT2D eigenvalue weighted by Gasteiger charge is -2.34. The molecule has 0 spiro atoms. The van der Waals surface area contributed by atoms with Gasteiger partial charge in [-0.1, -0.05) is 0 Å². The van der Waals surface area contributed by atoms with Crippen LogP contribution in [0.3, 0.4) is 0 Å². The van der Waals surface area contributed by atoms with Crippen molar-refractivity contribution in [2.24, 2.45) is 0 Å². The first-order chi connectivity index (χ1) is 15.1. The molecule has 160 valence electrons. The first-order valence-corrected chi connectivity index (χ1v) is 10.7. The number of nitrogens with one attached hydrogen (secondary N) is 2. The minimum atomic E-state index is -0.515. The van der Waals surface area contributed by atoms with Crippen molar-refractivity contribution in [1.82, 2.24) is 24.8 Å². The Labute approximate surface area is 182 Å². The van der Waals surface area contributed by atoms with Crippen molar-refractivity contribution in [3.63, 3.8) is 0 Å². The van der Waals surface area contributed by atoms with Crippen LogP contribution in [-0.2, 0) is 11.2 Å². The Morgan fingerprint density at radius 2 is 1.90 bits per heavy atom. The number of nitrogens with zero attached hydrogens (tertiary/aromatic N) is 5. The first-order valence-electron chi connectivity index (χ1n) is 9.83. The zero-order valence-corrected chi connectivity index (χ0v) is 17.5. The van der Waals surface area contributed by atoms with Crippen LogP contribution in [0.5, 0.6) is 0 Å². The summed E-state index contributed by atoms with van der Waals surface area (Å²) in [5, 5.41) is 4.83. The predicted molar refractivity (Wildman–Crippen MR) is 116 cm³/mol. The number of carbonyl (C=O) groups excluding carboxylic acids is 2. The van der Waals surface area contributed by atoms with Gasteiger partial charge in [0.05, 0.1) is 5.69 Å². The Morgan fingerprint density at radius 1 is 1.13 bits per heavy atom. The van der Waals surface area contributed by atoms with E-state index in [1.165, 1.54) is 23.6 Å². The SMILES string of the molecule is O=C(Nc1nc(CCC(=O)N2CCN(c3ncccn3)CC2)cs1)c1ccc[nH]c1=O. The van der Waals surface area contributed by atoms with E-state index in [-0.39, 0.29) is 11.5 Å². The average molecular weight is 440 g/mol. The molecule has 4 heterocycles. The van der Waals surface area contributed by atoms with E-state index in [0.717, 1.165) is 5.69 Å². The molecule has 1 aliphatic heterocycles. The van der Waals surface area contributed by atoms with Gasteiger partial charge in [0, 0.05) is 56.6 Å². The highest BCUT2D eigenvalue weighted by atomic mass is 32.1.